The maximum atomic E-state index is 11.0. The van der Waals surface area contributed by atoms with Crippen molar-refractivity contribution in [2.75, 3.05) is 6.61 Å². The van der Waals surface area contributed by atoms with Crippen LogP contribution in [0.25, 0.3) is 11.1 Å². The van der Waals surface area contributed by atoms with E-state index in [-0.39, 0.29) is 6.42 Å². The number of nitrogens with zero attached hydrogens (tertiary/aromatic N) is 2. The van der Waals surface area contributed by atoms with E-state index >= 15 is 0 Å². The minimum atomic E-state index is -0.900. The molecule has 0 aliphatic heterocycles. The van der Waals surface area contributed by atoms with E-state index in [2.05, 4.69) is 5.10 Å². The maximum absolute atomic E-state index is 11.0. The number of ether oxygens (including phenoxy) is 2. The number of carboxylic acids is 1. The molecule has 0 fully saturated rings. The molecule has 6 heteroatoms. The molecule has 3 aromatic rings. The number of benzene rings is 2. The molecule has 0 spiro atoms. The second kappa shape index (κ2) is 7.74. The summed E-state index contributed by atoms with van der Waals surface area (Å²) >= 11 is 0. The highest BCUT2D eigenvalue weighted by Gasteiger charge is 2.09. The van der Waals surface area contributed by atoms with Crippen LogP contribution in [0.3, 0.4) is 0 Å². The Labute approximate surface area is 151 Å². The lowest BCUT2D eigenvalue weighted by Crippen LogP contribution is -2.01. The molecule has 26 heavy (non-hydrogen) atoms. The number of aryl methyl sites for hydroxylation is 1. The van der Waals surface area contributed by atoms with Gasteiger partial charge < -0.3 is 14.6 Å². The lowest BCUT2D eigenvalue weighted by molar-refractivity contribution is -0.136. The van der Waals surface area contributed by atoms with Gasteiger partial charge in [-0.25, -0.2) is 0 Å². The van der Waals surface area contributed by atoms with Crippen LogP contribution in [-0.4, -0.2) is 27.5 Å². The summed E-state index contributed by atoms with van der Waals surface area (Å²) in [6.07, 6.45) is 3.63. The Morgan fingerprint density at radius 3 is 2.62 bits per heavy atom. The first kappa shape index (κ1) is 17.5. The number of aliphatic carboxylic acids is 1. The summed E-state index contributed by atoms with van der Waals surface area (Å²) in [6, 6.07) is 12.8. The van der Waals surface area contributed by atoms with Crippen molar-refractivity contribution in [3.05, 3.63) is 60.4 Å². The Hall–Kier alpha value is -3.28. The average Bonchev–Trinajstić information content (AvgIpc) is 3.01. The molecule has 2 aromatic carbocycles. The van der Waals surface area contributed by atoms with E-state index in [0.717, 1.165) is 11.1 Å². The highest BCUT2D eigenvalue weighted by Crippen LogP contribution is 2.30. The number of hydrogen-bond acceptors (Lipinski definition) is 4. The van der Waals surface area contributed by atoms with E-state index in [4.69, 9.17) is 14.6 Å². The monoisotopic (exact) mass is 352 g/mol. The van der Waals surface area contributed by atoms with Crippen LogP contribution in [0.5, 0.6) is 17.2 Å². The average molecular weight is 352 g/mol. The third-order valence-corrected chi connectivity index (χ3v) is 3.71. The van der Waals surface area contributed by atoms with E-state index < -0.39 is 5.97 Å². The van der Waals surface area contributed by atoms with Gasteiger partial charge in [0, 0.05) is 24.9 Å². The van der Waals surface area contributed by atoms with E-state index in [9.17, 15) is 4.79 Å². The van der Waals surface area contributed by atoms with E-state index in [1.54, 1.807) is 29.1 Å². The number of carbonyl (C=O) groups is 1. The molecule has 1 aromatic heterocycles. The fourth-order valence-corrected chi connectivity index (χ4v) is 2.66. The SMILES string of the molecule is CCOc1cc(CC(=O)O)cc(Oc2cccc(-c3cnn(C)c3)c2)c1. The van der Waals surface area contributed by atoms with Gasteiger partial charge in [0.1, 0.15) is 17.2 Å². The fourth-order valence-electron chi connectivity index (χ4n) is 2.66. The summed E-state index contributed by atoms with van der Waals surface area (Å²) in [7, 11) is 1.87. The summed E-state index contributed by atoms with van der Waals surface area (Å²) in [5.74, 6) is 0.879. The van der Waals surface area contributed by atoms with Crippen molar-refractivity contribution < 1.29 is 19.4 Å². The van der Waals surface area contributed by atoms with Crippen LogP contribution < -0.4 is 9.47 Å². The molecule has 3 rings (SSSR count). The number of hydrogen-bond donors (Lipinski definition) is 1. The van der Waals surface area contributed by atoms with Gasteiger partial charge in [-0.3, -0.25) is 9.48 Å². The maximum Gasteiger partial charge on any atom is 0.307 e. The number of aromatic nitrogens is 2. The standard InChI is InChI=1S/C20H20N2O4/c1-3-25-18-7-14(9-20(23)24)8-19(11-18)26-17-6-4-5-15(10-17)16-12-21-22(2)13-16/h4-8,10-13H,3,9H2,1-2H3,(H,23,24). The van der Waals surface area contributed by atoms with Gasteiger partial charge in [-0.05, 0) is 42.3 Å². The van der Waals surface area contributed by atoms with Crippen LogP contribution in [0.4, 0.5) is 0 Å². The van der Waals surface area contributed by atoms with Gasteiger partial charge in [0.15, 0.2) is 0 Å². The molecule has 0 aliphatic carbocycles. The Bertz CT molecular complexity index is 918. The normalized spacial score (nSPS) is 10.5. The molecule has 0 unspecified atom stereocenters. The zero-order chi connectivity index (χ0) is 18.5. The van der Waals surface area contributed by atoms with E-state index in [0.29, 0.717) is 29.4 Å². The molecule has 1 heterocycles. The molecule has 0 radical (unpaired) electrons. The Kier molecular flexibility index (Phi) is 5.22. The van der Waals surface area contributed by atoms with Gasteiger partial charge in [-0.2, -0.15) is 5.10 Å². The third kappa shape index (κ3) is 4.42. The van der Waals surface area contributed by atoms with Crippen LogP contribution in [-0.2, 0) is 18.3 Å². The third-order valence-electron chi connectivity index (χ3n) is 3.71. The van der Waals surface area contributed by atoms with E-state index in [1.165, 1.54) is 0 Å². The first-order valence-electron chi connectivity index (χ1n) is 8.29. The Morgan fingerprint density at radius 1 is 1.12 bits per heavy atom. The van der Waals surface area contributed by atoms with Crippen molar-refractivity contribution in [2.45, 2.75) is 13.3 Å². The molecule has 0 saturated heterocycles. The Morgan fingerprint density at radius 2 is 1.92 bits per heavy atom. The fraction of sp³-hybridized carbons (Fsp3) is 0.200. The minimum absolute atomic E-state index is 0.0903. The lowest BCUT2D eigenvalue weighted by Gasteiger charge is -2.11. The molecule has 1 N–H and O–H groups in total. The summed E-state index contributed by atoms with van der Waals surface area (Å²) in [5, 5.41) is 13.2. The molecule has 0 saturated carbocycles. The smallest absolute Gasteiger partial charge is 0.307 e. The summed E-state index contributed by atoms with van der Waals surface area (Å²) in [5.41, 5.74) is 2.61. The molecule has 0 bridgehead atoms. The van der Waals surface area contributed by atoms with Crippen molar-refractivity contribution >= 4 is 5.97 Å². The van der Waals surface area contributed by atoms with Crippen molar-refractivity contribution in [3.63, 3.8) is 0 Å². The predicted octanol–water partition coefficient (Wildman–Crippen LogP) is 3.91. The highest BCUT2D eigenvalue weighted by atomic mass is 16.5. The lowest BCUT2D eigenvalue weighted by atomic mass is 10.1. The topological polar surface area (TPSA) is 73.6 Å². The van der Waals surface area contributed by atoms with Crippen molar-refractivity contribution in [3.8, 4) is 28.4 Å². The second-order valence-electron chi connectivity index (χ2n) is 5.85. The Balaban J connectivity index is 1.88. The van der Waals surface area contributed by atoms with Crippen molar-refractivity contribution in [2.24, 2.45) is 7.05 Å². The molecule has 0 amide bonds. The van der Waals surface area contributed by atoms with Gasteiger partial charge >= 0.3 is 5.97 Å². The largest absolute Gasteiger partial charge is 0.494 e. The minimum Gasteiger partial charge on any atom is -0.494 e. The molecule has 134 valence electrons. The molecule has 0 atom stereocenters. The van der Waals surface area contributed by atoms with Gasteiger partial charge in [0.25, 0.3) is 0 Å². The molecular formula is C20H20N2O4. The van der Waals surface area contributed by atoms with Crippen LogP contribution in [0, 0.1) is 0 Å². The number of carboxylic acid groups (broad SMARTS) is 1. The first-order valence-corrected chi connectivity index (χ1v) is 8.29. The van der Waals surface area contributed by atoms with Gasteiger partial charge in [-0.15, -0.1) is 0 Å². The van der Waals surface area contributed by atoms with Gasteiger partial charge in [-0.1, -0.05) is 12.1 Å². The van der Waals surface area contributed by atoms with Crippen molar-refractivity contribution in [1.82, 2.24) is 9.78 Å². The molecule has 6 nitrogen and oxygen atoms in total. The zero-order valence-corrected chi connectivity index (χ0v) is 14.7. The summed E-state index contributed by atoms with van der Waals surface area (Å²) < 4.78 is 13.2. The predicted molar refractivity (Wildman–Crippen MR) is 97.7 cm³/mol. The van der Waals surface area contributed by atoms with Gasteiger partial charge in [0.2, 0.25) is 0 Å². The second-order valence-corrected chi connectivity index (χ2v) is 5.85. The first-order chi connectivity index (χ1) is 12.5. The highest BCUT2D eigenvalue weighted by molar-refractivity contribution is 5.70. The number of rotatable bonds is 7. The van der Waals surface area contributed by atoms with Crippen LogP contribution in [0.2, 0.25) is 0 Å². The summed E-state index contributed by atoms with van der Waals surface area (Å²) in [6.45, 7) is 2.37. The van der Waals surface area contributed by atoms with E-state index in [1.807, 2.05) is 44.4 Å². The summed E-state index contributed by atoms with van der Waals surface area (Å²) in [4.78, 5) is 11.0. The quantitative estimate of drug-likeness (QED) is 0.698. The van der Waals surface area contributed by atoms with Crippen LogP contribution in [0.15, 0.2) is 54.9 Å². The van der Waals surface area contributed by atoms with Crippen molar-refractivity contribution in [1.29, 1.82) is 0 Å². The molecular weight excluding hydrogens is 332 g/mol. The molecule has 0 aliphatic rings. The zero-order valence-electron chi connectivity index (χ0n) is 14.7. The van der Waals surface area contributed by atoms with Crippen LogP contribution in [0.1, 0.15) is 12.5 Å². The van der Waals surface area contributed by atoms with Crippen LogP contribution >= 0.6 is 0 Å². The van der Waals surface area contributed by atoms with Gasteiger partial charge in [0.05, 0.1) is 19.2 Å².